The standard InChI is InChI=1S/C12H10O2S.2C6H6O3S/c13-15(14,11-7-3-1-4-8-11)12-9-5-2-6-10-12;2*7-10(8,9)6-4-2-1-3-5-6/h1-10H;2*1-5H,(H,7,8,9). The molecule has 0 aromatic heterocycles. The van der Waals surface area contributed by atoms with Gasteiger partial charge in [-0.2, -0.15) is 16.8 Å². The molecule has 0 bridgehead atoms. The summed E-state index contributed by atoms with van der Waals surface area (Å²) in [4.78, 5) is 0.511. The average Bonchev–Trinajstić information content (AvgIpc) is 2.86. The minimum absolute atomic E-state index is 0.0741. The lowest BCUT2D eigenvalue weighted by Gasteiger charge is -2.03. The van der Waals surface area contributed by atoms with Gasteiger partial charge in [0.2, 0.25) is 9.84 Å². The normalized spacial score (nSPS) is 11.3. The predicted molar refractivity (Wildman–Crippen MR) is 131 cm³/mol. The summed E-state index contributed by atoms with van der Waals surface area (Å²) >= 11 is 0. The first kappa shape index (κ1) is 27.9. The second-order valence-electron chi connectivity index (χ2n) is 6.71. The van der Waals surface area contributed by atoms with Gasteiger partial charge in [-0.1, -0.05) is 72.8 Å². The van der Waals surface area contributed by atoms with E-state index in [0.717, 1.165) is 0 Å². The van der Waals surface area contributed by atoms with Crippen molar-refractivity contribution < 1.29 is 34.4 Å². The highest BCUT2D eigenvalue weighted by molar-refractivity contribution is 7.91. The van der Waals surface area contributed by atoms with Crippen molar-refractivity contribution in [2.45, 2.75) is 19.6 Å². The van der Waals surface area contributed by atoms with Crippen LogP contribution in [0.1, 0.15) is 0 Å². The summed E-state index contributed by atoms with van der Waals surface area (Å²) in [5, 5.41) is 0. The summed E-state index contributed by atoms with van der Waals surface area (Å²) in [5.74, 6) is 0. The van der Waals surface area contributed by atoms with Crippen LogP contribution in [-0.2, 0) is 30.1 Å². The van der Waals surface area contributed by atoms with E-state index >= 15 is 0 Å². The van der Waals surface area contributed by atoms with Gasteiger partial charge in [0.25, 0.3) is 20.2 Å². The van der Waals surface area contributed by atoms with Crippen LogP contribution in [0.2, 0.25) is 0 Å². The van der Waals surface area contributed by atoms with Crippen LogP contribution in [0.25, 0.3) is 0 Å². The fourth-order valence-corrected chi connectivity index (χ4v) is 4.83. The fourth-order valence-electron chi connectivity index (χ4n) is 2.52. The van der Waals surface area contributed by atoms with Crippen molar-refractivity contribution in [2.75, 3.05) is 0 Å². The summed E-state index contributed by atoms with van der Waals surface area (Å²) in [5.41, 5.74) is 0. The molecular weight excluding hydrogens is 512 g/mol. The third-order valence-corrected chi connectivity index (χ3v) is 7.71. The Morgan fingerprint density at radius 2 is 0.543 bits per heavy atom. The zero-order valence-electron chi connectivity index (χ0n) is 18.1. The first-order valence-electron chi connectivity index (χ1n) is 9.82. The second kappa shape index (κ2) is 12.4. The van der Waals surface area contributed by atoms with E-state index in [0.29, 0.717) is 9.79 Å². The van der Waals surface area contributed by atoms with Gasteiger partial charge in [-0.3, -0.25) is 9.11 Å². The molecule has 0 fully saturated rings. The molecule has 0 aliphatic carbocycles. The molecule has 0 aliphatic rings. The van der Waals surface area contributed by atoms with Gasteiger partial charge in [-0.15, -0.1) is 0 Å². The molecule has 8 nitrogen and oxygen atoms in total. The number of benzene rings is 4. The van der Waals surface area contributed by atoms with Gasteiger partial charge >= 0.3 is 0 Å². The van der Waals surface area contributed by atoms with Crippen LogP contribution in [0.4, 0.5) is 0 Å². The van der Waals surface area contributed by atoms with Crippen molar-refractivity contribution in [3.63, 3.8) is 0 Å². The molecule has 11 heteroatoms. The van der Waals surface area contributed by atoms with Gasteiger partial charge in [0, 0.05) is 0 Å². The maximum atomic E-state index is 12.0. The third-order valence-electron chi connectivity index (χ3n) is 4.19. The van der Waals surface area contributed by atoms with Gasteiger partial charge < -0.3 is 0 Å². The topological polar surface area (TPSA) is 143 Å². The molecule has 2 N–H and O–H groups in total. The van der Waals surface area contributed by atoms with Crippen molar-refractivity contribution in [3.05, 3.63) is 121 Å². The Bertz CT molecular complexity index is 1390. The lowest BCUT2D eigenvalue weighted by molar-refractivity contribution is 0.481. The quantitative estimate of drug-likeness (QED) is 0.367. The molecule has 0 saturated heterocycles. The first-order chi connectivity index (χ1) is 16.4. The van der Waals surface area contributed by atoms with Crippen LogP contribution in [0.15, 0.2) is 141 Å². The van der Waals surface area contributed by atoms with Crippen molar-refractivity contribution in [3.8, 4) is 0 Å². The van der Waals surface area contributed by atoms with Crippen LogP contribution in [0.3, 0.4) is 0 Å². The molecule has 0 saturated carbocycles. The molecule has 4 aromatic rings. The van der Waals surface area contributed by atoms with Crippen LogP contribution >= 0.6 is 0 Å². The summed E-state index contributed by atoms with van der Waals surface area (Å²) in [6, 6.07) is 31.7. The molecule has 0 atom stereocenters. The molecule has 0 aliphatic heterocycles. The zero-order valence-corrected chi connectivity index (χ0v) is 20.6. The smallest absolute Gasteiger partial charge is 0.282 e. The number of rotatable bonds is 4. The Hall–Kier alpha value is -3.35. The van der Waals surface area contributed by atoms with Gasteiger partial charge in [-0.25, -0.2) is 8.42 Å². The maximum Gasteiger partial charge on any atom is 0.294 e. The van der Waals surface area contributed by atoms with Gasteiger partial charge in [0.05, 0.1) is 19.6 Å². The second-order valence-corrected chi connectivity index (χ2v) is 11.5. The van der Waals surface area contributed by atoms with Gasteiger partial charge in [0.15, 0.2) is 0 Å². The predicted octanol–water partition coefficient (Wildman–Crippen LogP) is 4.39. The minimum atomic E-state index is -4.00. The number of sulfone groups is 1. The third kappa shape index (κ3) is 9.08. The fraction of sp³-hybridized carbons (Fsp3) is 0. The largest absolute Gasteiger partial charge is 0.294 e. The Labute approximate surface area is 204 Å². The molecule has 0 heterocycles. The van der Waals surface area contributed by atoms with E-state index in [2.05, 4.69) is 0 Å². The molecule has 184 valence electrons. The van der Waals surface area contributed by atoms with Gasteiger partial charge in [-0.05, 0) is 48.5 Å². The van der Waals surface area contributed by atoms with Crippen LogP contribution in [0, 0.1) is 0 Å². The van der Waals surface area contributed by atoms with Crippen molar-refractivity contribution in [2.24, 2.45) is 0 Å². The van der Waals surface area contributed by atoms with Gasteiger partial charge in [0.1, 0.15) is 0 Å². The molecule has 35 heavy (non-hydrogen) atoms. The summed E-state index contributed by atoms with van der Waals surface area (Å²) in [7, 11) is -11.3. The van der Waals surface area contributed by atoms with E-state index in [4.69, 9.17) is 9.11 Å². The van der Waals surface area contributed by atoms with Crippen molar-refractivity contribution in [1.82, 2.24) is 0 Å². The Morgan fingerprint density at radius 3 is 0.714 bits per heavy atom. The van der Waals surface area contributed by atoms with E-state index in [1.54, 1.807) is 97.1 Å². The van der Waals surface area contributed by atoms with E-state index < -0.39 is 30.1 Å². The van der Waals surface area contributed by atoms with E-state index in [1.807, 2.05) is 0 Å². The lowest BCUT2D eigenvalue weighted by atomic mass is 10.4. The highest BCUT2D eigenvalue weighted by Gasteiger charge is 2.15. The van der Waals surface area contributed by atoms with Crippen LogP contribution < -0.4 is 0 Å². The molecule has 4 rings (SSSR count). The molecular formula is C24H22O8S3. The molecule has 0 unspecified atom stereocenters. The zero-order chi connectivity index (χ0) is 26.0. The Kier molecular flexibility index (Phi) is 9.87. The highest BCUT2D eigenvalue weighted by Crippen LogP contribution is 2.19. The minimum Gasteiger partial charge on any atom is -0.282 e. The summed E-state index contributed by atoms with van der Waals surface area (Å²) < 4.78 is 82.5. The Morgan fingerprint density at radius 1 is 0.343 bits per heavy atom. The van der Waals surface area contributed by atoms with E-state index in [1.165, 1.54) is 24.3 Å². The molecule has 0 amide bonds. The molecule has 0 radical (unpaired) electrons. The highest BCUT2D eigenvalue weighted by atomic mass is 32.2. The average molecular weight is 535 g/mol. The number of hydrogen-bond donors (Lipinski definition) is 2. The van der Waals surface area contributed by atoms with E-state index in [9.17, 15) is 25.3 Å². The van der Waals surface area contributed by atoms with Crippen LogP contribution in [0.5, 0.6) is 0 Å². The first-order valence-corrected chi connectivity index (χ1v) is 14.2. The SMILES string of the molecule is O=S(=O)(O)c1ccccc1.O=S(=O)(O)c1ccccc1.O=S(=O)(c1ccccc1)c1ccccc1. The number of hydrogen-bond acceptors (Lipinski definition) is 6. The summed E-state index contributed by atoms with van der Waals surface area (Å²) in [6.45, 7) is 0. The molecule has 4 aromatic carbocycles. The Balaban J connectivity index is 0.000000192. The van der Waals surface area contributed by atoms with E-state index in [-0.39, 0.29) is 9.79 Å². The lowest BCUT2D eigenvalue weighted by Crippen LogP contribution is -2.00. The molecule has 0 spiro atoms. The maximum absolute atomic E-state index is 12.0. The summed E-state index contributed by atoms with van der Waals surface area (Å²) in [6.07, 6.45) is 0. The van der Waals surface area contributed by atoms with Crippen molar-refractivity contribution in [1.29, 1.82) is 0 Å². The van der Waals surface area contributed by atoms with Crippen LogP contribution in [-0.4, -0.2) is 34.4 Å². The van der Waals surface area contributed by atoms with Crippen molar-refractivity contribution >= 4 is 30.1 Å². The monoisotopic (exact) mass is 534 g/mol.